The third-order valence-corrected chi connectivity index (χ3v) is 7.17. The molecule has 7 nitrogen and oxygen atoms in total. The fourth-order valence-electron chi connectivity index (χ4n) is 5.20. The standard InChI is InChI=1S/C21H29ClO7/c1-5-15(23)27-13-8-12-10(3)7-14(28-16(24)6-2)18-19(17(12)11(13)4)29-20(25)21(18,26)9-22/h11-14,17-19,26H,3,5-9H2,1-2,4H3. The minimum absolute atomic E-state index is 0.0806. The minimum Gasteiger partial charge on any atom is -0.462 e. The number of halogens is 1. The van der Waals surface area contributed by atoms with Gasteiger partial charge in [-0.05, 0) is 12.3 Å². The fraction of sp³-hybridized carbons (Fsp3) is 0.762. The van der Waals surface area contributed by atoms with Crippen molar-refractivity contribution in [1.29, 1.82) is 0 Å². The highest BCUT2D eigenvalue weighted by Crippen LogP contribution is 2.55. The number of hydrogen-bond donors (Lipinski definition) is 1. The average Bonchev–Trinajstić information content (AvgIpc) is 3.11. The predicted octanol–water partition coefficient (Wildman–Crippen LogP) is 2.37. The van der Waals surface area contributed by atoms with Crippen molar-refractivity contribution < 1.29 is 33.7 Å². The lowest BCUT2D eigenvalue weighted by atomic mass is 9.75. The third kappa shape index (κ3) is 3.67. The van der Waals surface area contributed by atoms with Gasteiger partial charge in [-0.25, -0.2) is 4.79 Å². The SMILES string of the molecule is C=C1CC(OC(=O)CC)C2C(OC(=O)C2(O)CCl)C2C1CC(OC(=O)CC)C2C. The number of hydrogen-bond acceptors (Lipinski definition) is 7. The van der Waals surface area contributed by atoms with Gasteiger partial charge in [0.05, 0.1) is 11.8 Å². The summed E-state index contributed by atoms with van der Waals surface area (Å²) in [6, 6.07) is 0. The number of carbonyl (C=O) groups excluding carboxylic acids is 3. The van der Waals surface area contributed by atoms with Crippen LogP contribution in [-0.2, 0) is 28.6 Å². The third-order valence-electron chi connectivity index (χ3n) is 6.76. The molecule has 0 spiro atoms. The summed E-state index contributed by atoms with van der Waals surface area (Å²) in [5, 5.41) is 11.1. The smallest absolute Gasteiger partial charge is 0.340 e. The first-order chi connectivity index (χ1) is 13.7. The fourth-order valence-corrected chi connectivity index (χ4v) is 5.49. The molecule has 0 aromatic carbocycles. The lowest BCUT2D eigenvalue weighted by Gasteiger charge is -2.34. The summed E-state index contributed by atoms with van der Waals surface area (Å²) in [4.78, 5) is 36.5. The van der Waals surface area contributed by atoms with Gasteiger partial charge < -0.3 is 19.3 Å². The molecule has 8 heteroatoms. The van der Waals surface area contributed by atoms with Crippen molar-refractivity contribution >= 4 is 29.5 Å². The van der Waals surface area contributed by atoms with Crippen LogP contribution in [0.15, 0.2) is 12.2 Å². The molecule has 2 saturated carbocycles. The van der Waals surface area contributed by atoms with Crippen molar-refractivity contribution in [3.8, 4) is 0 Å². The van der Waals surface area contributed by atoms with E-state index < -0.39 is 35.7 Å². The Balaban J connectivity index is 1.99. The highest BCUT2D eigenvalue weighted by Gasteiger charge is 2.66. The number of aliphatic hydroxyl groups is 1. The maximum absolute atomic E-state index is 12.6. The lowest BCUT2D eigenvalue weighted by Crippen LogP contribution is -2.51. The van der Waals surface area contributed by atoms with Crippen molar-refractivity contribution in [2.24, 2.45) is 23.7 Å². The van der Waals surface area contributed by atoms with Crippen LogP contribution in [0.4, 0.5) is 0 Å². The van der Waals surface area contributed by atoms with Gasteiger partial charge in [-0.15, -0.1) is 11.6 Å². The summed E-state index contributed by atoms with van der Waals surface area (Å²) in [7, 11) is 0. The van der Waals surface area contributed by atoms with Crippen molar-refractivity contribution in [3.05, 3.63) is 12.2 Å². The second-order valence-electron chi connectivity index (χ2n) is 8.36. The molecule has 0 aromatic heterocycles. The second-order valence-corrected chi connectivity index (χ2v) is 8.63. The molecule has 1 N–H and O–H groups in total. The van der Waals surface area contributed by atoms with E-state index in [1.54, 1.807) is 13.8 Å². The van der Waals surface area contributed by atoms with E-state index in [4.69, 9.17) is 25.8 Å². The maximum atomic E-state index is 12.6. The summed E-state index contributed by atoms with van der Waals surface area (Å²) < 4.78 is 16.9. The van der Waals surface area contributed by atoms with Crippen molar-refractivity contribution in [3.63, 3.8) is 0 Å². The number of ether oxygens (including phenoxy) is 3. The first-order valence-electron chi connectivity index (χ1n) is 10.2. The molecule has 1 heterocycles. The van der Waals surface area contributed by atoms with E-state index in [2.05, 4.69) is 6.58 Å². The molecule has 8 atom stereocenters. The van der Waals surface area contributed by atoms with E-state index in [9.17, 15) is 19.5 Å². The van der Waals surface area contributed by atoms with Crippen molar-refractivity contribution in [1.82, 2.24) is 0 Å². The molecule has 0 bridgehead atoms. The van der Waals surface area contributed by atoms with Crippen LogP contribution in [0.3, 0.4) is 0 Å². The summed E-state index contributed by atoms with van der Waals surface area (Å²) in [5.74, 6) is -3.09. The van der Waals surface area contributed by atoms with Crippen LogP contribution >= 0.6 is 11.6 Å². The Kier molecular flexibility index (Phi) is 6.30. The van der Waals surface area contributed by atoms with E-state index in [1.807, 2.05) is 6.92 Å². The number of rotatable bonds is 5. The highest BCUT2D eigenvalue weighted by molar-refractivity contribution is 6.20. The zero-order valence-electron chi connectivity index (χ0n) is 17.1. The molecule has 1 saturated heterocycles. The first-order valence-corrected chi connectivity index (χ1v) is 10.8. The van der Waals surface area contributed by atoms with Gasteiger partial charge in [-0.1, -0.05) is 32.9 Å². The number of fused-ring (bicyclic) bond motifs is 3. The molecular formula is C21H29ClO7. The van der Waals surface area contributed by atoms with E-state index >= 15 is 0 Å². The summed E-state index contributed by atoms with van der Waals surface area (Å²) in [5.41, 5.74) is -1.11. The topological polar surface area (TPSA) is 99.1 Å². The Labute approximate surface area is 175 Å². The summed E-state index contributed by atoms with van der Waals surface area (Å²) in [6.45, 7) is 9.57. The van der Waals surface area contributed by atoms with Gasteiger partial charge in [0.2, 0.25) is 0 Å². The Hall–Kier alpha value is -1.60. The summed E-state index contributed by atoms with van der Waals surface area (Å²) >= 11 is 6.00. The van der Waals surface area contributed by atoms with Crippen LogP contribution in [0.25, 0.3) is 0 Å². The molecule has 162 valence electrons. The second kappa shape index (κ2) is 8.26. The molecule has 3 rings (SSSR count). The molecule has 0 amide bonds. The van der Waals surface area contributed by atoms with Gasteiger partial charge in [-0.3, -0.25) is 9.59 Å². The zero-order chi connectivity index (χ0) is 21.5. The van der Waals surface area contributed by atoms with Crippen LogP contribution in [0, 0.1) is 23.7 Å². The van der Waals surface area contributed by atoms with Crippen LogP contribution < -0.4 is 0 Å². The van der Waals surface area contributed by atoms with E-state index in [-0.39, 0.29) is 48.5 Å². The molecular weight excluding hydrogens is 400 g/mol. The predicted molar refractivity (Wildman–Crippen MR) is 104 cm³/mol. The highest BCUT2D eigenvalue weighted by atomic mass is 35.5. The van der Waals surface area contributed by atoms with E-state index in [0.717, 1.165) is 5.57 Å². The average molecular weight is 429 g/mol. The van der Waals surface area contributed by atoms with E-state index in [0.29, 0.717) is 12.8 Å². The Morgan fingerprint density at radius 2 is 1.83 bits per heavy atom. The normalized spacial score (nSPS) is 41.2. The van der Waals surface area contributed by atoms with Gasteiger partial charge in [0.25, 0.3) is 0 Å². The van der Waals surface area contributed by atoms with Gasteiger partial charge in [0, 0.05) is 31.1 Å². The number of carbonyl (C=O) groups is 3. The largest absolute Gasteiger partial charge is 0.462 e. The van der Waals surface area contributed by atoms with Crippen LogP contribution in [0.2, 0.25) is 0 Å². The van der Waals surface area contributed by atoms with Gasteiger partial charge in [0.15, 0.2) is 5.60 Å². The maximum Gasteiger partial charge on any atom is 0.340 e. The molecule has 2 aliphatic carbocycles. The van der Waals surface area contributed by atoms with E-state index in [1.165, 1.54) is 0 Å². The van der Waals surface area contributed by atoms with Crippen LogP contribution in [-0.4, -0.2) is 52.8 Å². The van der Waals surface area contributed by atoms with Gasteiger partial charge >= 0.3 is 17.9 Å². The van der Waals surface area contributed by atoms with Crippen LogP contribution in [0.5, 0.6) is 0 Å². The Bertz CT molecular complexity index is 707. The molecule has 8 unspecified atom stereocenters. The van der Waals surface area contributed by atoms with Gasteiger partial charge in [-0.2, -0.15) is 0 Å². The van der Waals surface area contributed by atoms with Crippen molar-refractivity contribution in [2.75, 3.05) is 5.88 Å². The quantitative estimate of drug-likeness (QED) is 0.310. The lowest BCUT2D eigenvalue weighted by molar-refractivity contribution is -0.160. The molecule has 0 radical (unpaired) electrons. The molecule has 0 aromatic rings. The number of alkyl halides is 1. The summed E-state index contributed by atoms with van der Waals surface area (Å²) in [6.07, 6.45) is -0.479. The monoisotopic (exact) mass is 428 g/mol. The Morgan fingerprint density at radius 1 is 1.24 bits per heavy atom. The Morgan fingerprint density at radius 3 is 2.38 bits per heavy atom. The van der Waals surface area contributed by atoms with Gasteiger partial charge in [0.1, 0.15) is 18.3 Å². The minimum atomic E-state index is -1.95. The molecule has 1 aliphatic heterocycles. The zero-order valence-corrected chi connectivity index (χ0v) is 17.8. The van der Waals surface area contributed by atoms with Crippen LogP contribution in [0.1, 0.15) is 46.5 Å². The number of esters is 3. The molecule has 3 fully saturated rings. The first kappa shape index (κ1) is 22.1. The molecule has 29 heavy (non-hydrogen) atoms. The molecule has 3 aliphatic rings. The van der Waals surface area contributed by atoms with Crippen molar-refractivity contribution in [2.45, 2.75) is 70.4 Å².